The molecule has 0 amide bonds. The Hall–Kier alpha value is -1.23. The van der Waals surface area contributed by atoms with Crippen molar-refractivity contribution in [3.63, 3.8) is 0 Å². The minimum Gasteiger partial charge on any atom is -0.494 e. The first-order valence-electron chi connectivity index (χ1n) is 6.45. The molecule has 2 nitrogen and oxygen atoms in total. The highest BCUT2D eigenvalue weighted by Crippen LogP contribution is 2.22. The van der Waals surface area contributed by atoms with Gasteiger partial charge in [0, 0.05) is 12.5 Å². The topological polar surface area (TPSA) is 35.2 Å². The predicted octanol–water partition coefficient (Wildman–Crippen LogP) is 3.69. The third-order valence-electron chi connectivity index (χ3n) is 2.79. The van der Waals surface area contributed by atoms with Gasteiger partial charge in [0.2, 0.25) is 0 Å². The Morgan fingerprint density at radius 3 is 2.68 bits per heavy atom. The Kier molecular flexibility index (Phi) is 6.15. The van der Waals surface area contributed by atoms with Crippen LogP contribution in [0.4, 0.5) is 13.2 Å². The number of nitrogens with two attached hydrogens (primary N) is 1. The van der Waals surface area contributed by atoms with Gasteiger partial charge in [-0.2, -0.15) is 13.2 Å². The van der Waals surface area contributed by atoms with Crippen LogP contribution in [0.5, 0.6) is 5.75 Å². The zero-order chi connectivity index (χ0) is 14.3. The van der Waals surface area contributed by atoms with E-state index in [-0.39, 0.29) is 19.1 Å². The Balaban J connectivity index is 2.40. The first-order valence-corrected chi connectivity index (χ1v) is 6.45. The average Bonchev–Trinajstić information content (AvgIpc) is 2.34. The molecule has 0 saturated carbocycles. The summed E-state index contributed by atoms with van der Waals surface area (Å²) in [6.45, 7) is 2.09. The number of hydrogen-bond acceptors (Lipinski definition) is 2. The second-order valence-electron chi connectivity index (χ2n) is 4.59. The van der Waals surface area contributed by atoms with Crippen molar-refractivity contribution in [2.75, 3.05) is 6.61 Å². The number of alkyl halides is 3. The average molecular weight is 275 g/mol. The van der Waals surface area contributed by atoms with Crippen molar-refractivity contribution in [3.8, 4) is 5.75 Å². The molecule has 5 heteroatoms. The van der Waals surface area contributed by atoms with Crippen LogP contribution >= 0.6 is 0 Å². The van der Waals surface area contributed by atoms with Crippen LogP contribution < -0.4 is 10.5 Å². The highest BCUT2D eigenvalue weighted by Gasteiger charge is 2.26. The third-order valence-corrected chi connectivity index (χ3v) is 2.79. The van der Waals surface area contributed by atoms with Gasteiger partial charge in [-0.3, -0.25) is 0 Å². The van der Waals surface area contributed by atoms with E-state index in [2.05, 4.69) is 0 Å². The molecule has 0 aliphatic rings. The Morgan fingerprint density at radius 1 is 1.32 bits per heavy atom. The fourth-order valence-electron chi connectivity index (χ4n) is 1.67. The monoisotopic (exact) mass is 275 g/mol. The molecule has 0 fully saturated rings. The molecule has 1 aromatic carbocycles. The maximum absolute atomic E-state index is 12.0. The molecule has 1 aromatic rings. The molecular formula is C14H20F3NO. The standard InChI is InChI=1S/C14H20F3NO/c1-2-12(18)9-11-5-3-6-13(10-11)19-8-4-7-14(15,16)17/h3,5-6,10,12H,2,4,7-9,18H2,1H3. The first kappa shape index (κ1) is 15.8. The summed E-state index contributed by atoms with van der Waals surface area (Å²) in [4.78, 5) is 0. The van der Waals surface area contributed by atoms with Crippen molar-refractivity contribution < 1.29 is 17.9 Å². The molecular weight excluding hydrogens is 255 g/mol. The van der Waals surface area contributed by atoms with Crippen LogP contribution in [0, 0.1) is 0 Å². The van der Waals surface area contributed by atoms with E-state index in [0.29, 0.717) is 5.75 Å². The lowest BCUT2D eigenvalue weighted by Crippen LogP contribution is -2.21. The Morgan fingerprint density at radius 2 is 2.05 bits per heavy atom. The first-order chi connectivity index (χ1) is 8.90. The SMILES string of the molecule is CCC(N)Cc1cccc(OCCCC(F)(F)F)c1. The van der Waals surface area contributed by atoms with E-state index in [9.17, 15) is 13.2 Å². The number of benzene rings is 1. The molecule has 0 aromatic heterocycles. The summed E-state index contributed by atoms with van der Waals surface area (Å²) >= 11 is 0. The smallest absolute Gasteiger partial charge is 0.389 e. The molecule has 0 aliphatic heterocycles. The van der Waals surface area contributed by atoms with Crippen molar-refractivity contribution in [1.29, 1.82) is 0 Å². The summed E-state index contributed by atoms with van der Waals surface area (Å²) in [6, 6.07) is 7.45. The minimum absolute atomic E-state index is 0.0256. The van der Waals surface area contributed by atoms with Crippen LogP contribution in [0.1, 0.15) is 31.7 Å². The fourth-order valence-corrected chi connectivity index (χ4v) is 1.67. The van der Waals surface area contributed by atoms with Crippen molar-refractivity contribution in [1.82, 2.24) is 0 Å². The fraction of sp³-hybridized carbons (Fsp3) is 0.571. The normalized spacial score (nSPS) is 13.3. The van der Waals surface area contributed by atoms with E-state index in [1.54, 1.807) is 6.07 Å². The van der Waals surface area contributed by atoms with Gasteiger partial charge < -0.3 is 10.5 Å². The molecule has 0 saturated heterocycles. The van der Waals surface area contributed by atoms with Crippen LogP contribution in [0.2, 0.25) is 0 Å². The summed E-state index contributed by atoms with van der Waals surface area (Å²) in [5.41, 5.74) is 6.90. The van der Waals surface area contributed by atoms with Gasteiger partial charge in [-0.1, -0.05) is 19.1 Å². The van der Waals surface area contributed by atoms with Crippen molar-refractivity contribution in [2.45, 2.75) is 44.8 Å². The minimum atomic E-state index is -4.11. The summed E-state index contributed by atoms with van der Waals surface area (Å²) in [5.74, 6) is 0.600. The number of halogens is 3. The zero-order valence-corrected chi connectivity index (χ0v) is 11.0. The van der Waals surface area contributed by atoms with Crippen LogP contribution in [0.3, 0.4) is 0 Å². The molecule has 108 valence electrons. The molecule has 0 bridgehead atoms. The van der Waals surface area contributed by atoms with Gasteiger partial charge >= 0.3 is 6.18 Å². The van der Waals surface area contributed by atoms with Crippen LogP contribution in [-0.2, 0) is 6.42 Å². The molecule has 1 atom stereocenters. The van der Waals surface area contributed by atoms with Gasteiger partial charge in [0.1, 0.15) is 5.75 Å². The van der Waals surface area contributed by atoms with Crippen molar-refractivity contribution in [2.24, 2.45) is 5.73 Å². The summed E-state index contributed by atoms with van der Waals surface area (Å²) < 4.78 is 41.2. The molecule has 0 heterocycles. The van der Waals surface area contributed by atoms with Gasteiger partial charge in [0.25, 0.3) is 0 Å². The van der Waals surface area contributed by atoms with E-state index in [0.717, 1.165) is 18.4 Å². The van der Waals surface area contributed by atoms with E-state index < -0.39 is 12.6 Å². The van der Waals surface area contributed by atoms with Gasteiger partial charge in [0.05, 0.1) is 6.61 Å². The van der Waals surface area contributed by atoms with Gasteiger partial charge in [-0.15, -0.1) is 0 Å². The number of ether oxygens (including phenoxy) is 1. The molecule has 0 radical (unpaired) electrons. The van der Waals surface area contributed by atoms with E-state index >= 15 is 0 Å². The van der Waals surface area contributed by atoms with Crippen LogP contribution in [-0.4, -0.2) is 18.8 Å². The highest BCUT2D eigenvalue weighted by molar-refractivity contribution is 5.29. The lowest BCUT2D eigenvalue weighted by atomic mass is 10.0. The molecule has 1 unspecified atom stereocenters. The molecule has 1 rings (SSSR count). The van der Waals surface area contributed by atoms with Crippen molar-refractivity contribution >= 4 is 0 Å². The Labute approximate surface area is 111 Å². The second kappa shape index (κ2) is 7.38. The summed E-state index contributed by atoms with van der Waals surface area (Å²) in [7, 11) is 0. The maximum Gasteiger partial charge on any atom is 0.389 e. The van der Waals surface area contributed by atoms with Gasteiger partial charge in [-0.25, -0.2) is 0 Å². The van der Waals surface area contributed by atoms with Crippen LogP contribution in [0.15, 0.2) is 24.3 Å². The predicted molar refractivity (Wildman–Crippen MR) is 69.2 cm³/mol. The van der Waals surface area contributed by atoms with Gasteiger partial charge in [0.15, 0.2) is 0 Å². The van der Waals surface area contributed by atoms with Gasteiger partial charge in [-0.05, 0) is 37.0 Å². The number of rotatable bonds is 7. The molecule has 19 heavy (non-hydrogen) atoms. The Bertz CT molecular complexity index is 379. The van der Waals surface area contributed by atoms with Crippen molar-refractivity contribution in [3.05, 3.63) is 29.8 Å². The molecule has 0 aliphatic carbocycles. The maximum atomic E-state index is 12.0. The molecule has 0 spiro atoms. The second-order valence-corrected chi connectivity index (χ2v) is 4.59. The summed E-state index contributed by atoms with van der Waals surface area (Å²) in [6.07, 6.45) is -3.32. The van der Waals surface area contributed by atoms with E-state index in [1.807, 2.05) is 25.1 Å². The highest BCUT2D eigenvalue weighted by atomic mass is 19.4. The molecule has 2 N–H and O–H groups in total. The quantitative estimate of drug-likeness (QED) is 0.770. The number of hydrogen-bond donors (Lipinski definition) is 1. The largest absolute Gasteiger partial charge is 0.494 e. The third kappa shape index (κ3) is 7.06. The lowest BCUT2D eigenvalue weighted by Gasteiger charge is -2.11. The zero-order valence-electron chi connectivity index (χ0n) is 11.0. The van der Waals surface area contributed by atoms with Crippen LogP contribution in [0.25, 0.3) is 0 Å². The summed E-state index contributed by atoms with van der Waals surface area (Å²) in [5, 5.41) is 0. The lowest BCUT2D eigenvalue weighted by molar-refractivity contribution is -0.136. The van der Waals surface area contributed by atoms with E-state index in [4.69, 9.17) is 10.5 Å². The van der Waals surface area contributed by atoms with E-state index in [1.165, 1.54) is 0 Å².